The van der Waals surface area contributed by atoms with Crippen molar-refractivity contribution in [1.82, 2.24) is 9.55 Å². The molecule has 0 atom stereocenters. The number of nitrogens with zero attached hydrogens (tertiary/aromatic N) is 1. The number of pyridine rings is 1. The van der Waals surface area contributed by atoms with Gasteiger partial charge in [0, 0.05) is 27.9 Å². The third kappa shape index (κ3) is 4.54. The van der Waals surface area contributed by atoms with Gasteiger partial charge in [-0.25, -0.2) is 0 Å². The van der Waals surface area contributed by atoms with Gasteiger partial charge in [-0.15, -0.1) is 6.42 Å². The SMILES string of the molecule is C#Cc1ccc2c(c1)[nH]c1c2c(=O)c2cc(CC(C)C)c(-c3cccc(OS(=O)(=O)F)c3)cc2n1C(C)C. The standard InChI is InChI=1S/C30H27FN2O4S/c1-6-19-10-11-23-26(13-19)32-30-28(23)29(34)25-15-21(12-17(2)3)24(16-27(25)33(30)18(4)5)20-8-7-9-22(14-20)37-38(31,35)36/h1,7-11,13-18,32H,12H2,2-5H3. The zero-order valence-electron chi connectivity index (χ0n) is 21.5. The summed E-state index contributed by atoms with van der Waals surface area (Å²) in [5, 5.41) is 2.01. The van der Waals surface area contributed by atoms with Crippen LogP contribution in [0.3, 0.4) is 0 Å². The molecule has 5 rings (SSSR count). The molecule has 0 fully saturated rings. The van der Waals surface area contributed by atoms with Crippen LogP contribution in [0, 0.1) is 18.3 Å². The Morgan fingerprint density at radius 2 is 1.82 bits per heavy atom. The van der Waals surface area contributed by atoms with Crippen LogP contribution in [0.25, 0.3) is 44.0 Å². The van der Waals surface area contributed by atoms with Crippen LogP contribution in [-0.2, 0) is 16.9 Å². The van der Waals surface area contributed by atoms with Crippen molar-refractivity contribution in [3.8, 4) is 29.2 Å². The van der Waals surface area contributed by atoms with Crippen molar-refractivity contribution in [1.29, 1.82) is 0 Å². The molecule has 0 saturated carbocycles. The number of halogens is 1. The monoisotopic (exact) mass is 530 g/mol. The molecule has 38 heavy (non-hydrogen) atoms. The predicted octanol–water partition coefficient (Wildman–Crippen LogP) is 6.66. The lowest BCUT2D eigenvalue weighted by Gasteiger charge is -2.20. The summed E-state index contributed by atoms with van der Waals surface area (Å²) in [5.74, 6) is 2.79. The highest BCUT2D eigenvalue weighted by molar-refractivity contribution is 7.81. The Kier molecular flexibility index (Phi) is 6.28. The minimum Gasteiger partial charge on any atom is -0.358 e. The van der Waals surface area contributed by atoms with Crippen molar-refractivity contribution in [2.24, 2.45) is 5.92 Å². The average Bonchev–Trinajstić information content (AvgIpc) is 3.21. The highest BCUT2D eigenvalue weighted by Gasteiger charge is 2.21. The molecular weight excluding hydrogens is 503 g/mol. The number of hydrogen-bond acceptors (Lipinski definition) is 4. The predicted molar refractivity (Wildman–Crippen MR) is 151 cm³/mol. The van der Waals surface area contributed by atoms with E-state index in [0.717, 1.165) is 33.1 Å². The van der Waals surface area contributed by atoms with Crippen LogP contribution >= 0.6 is 0 Å². The van der Waals surface area contributed by atoms with E-state index in [0.29, 0.717) is 28.4 Å². The second-order valence-electron chi connectivity index (χ2n) is 10.2. The molecule has 6 nitrogen and oxygen atoms in total. The van der Waals surface area contributed by atoms with Crippen molar-refractivity contribution < 1.29 is 16.5 Å². The number of H-pyrrole nitrogens is 1. The van der Waals surface area contributed by atoms with Crippen molar-refractivity contribution in [3.05, 3.63) is 75.9 Å². The van der Waals surface area contributed by atoms with Gasteiger partial charge in [0.15, 0.2) is 5.43 Å². The highest BCUT2D eigenvalue weighted by atomic mass is 32.3. The number of aromatic nitrogens is 2. The van der Waals surface area contributed by atoms with Gasteiger partial charge in [0.1, 0.15) is 11.4 Å². The summed E-state index contributed by atoms with van der Waals surface area (Å²) in [7, 11) is -5.17. The Labute approximate surface area is 220 Å². The summed E-state index contributed by atoms with van der Waals surface area (Å²) in [6.45, 7) is 8.26. The summed E-state index contributed by atoms with van der Waals surface area (Å²) in [6, 6.07) is 15.8. The van der Waals surface area contributed by atoms with E-state index < -0.39 is 10.5 Å². The van der Waals surface area contributed by atoms with E-state index in [2.05, 4.69) is 33.5 Å². The maximum atomic E-state index is 14.0. The van der Waals surface area contributed by atoms with E-state index in [1.807, 2.05) is 50.2 Å². The van der Waals surface area contributed by atoms with Crippen molar-refractivity contribution in [2.75, 3.05) is 0 Å². The number of nitrogens with one attached hydrogen (secondary N) is 1. The lowest BCUT2D eigenvalue weighted by atomic mass is 9.91. The van der Waals surface area contributed by atoms with Gasteiger partial charge in [0.25, 0.3) is 0 Å². The van der Waals surface area contributed by atoms with Crippen LogP contribution < -0.4 is 9.61 Å². The van der Waals surface area contributed by atoms with Crippen molar-refractivity contribution in [3.63, 3.8) is 0 Å². The summed E-state index contributed by atoms with van der Waals surface area (Å²) >= 11 is 0. The van der Waals surface area contributed by atoms with Crippen LogP contribution in [0.2, 0.25) is 0 Å². The zero-order chi connectivity index (χ0) is 27.4. The number of rotatable bonds is 6. The molecule has 0 radical (unpaired) electrons. The Hall–Kier alpha value is -4.09. The lowest BCUT2D eigenvalue weighted by molar-refractivity contribution is 0.440. The van der Waals surface area contributed by atoms with Gasteiger partial charge in [-0.1, -0.05) is 41.9 Å². The minimum atomic E-state index is -5.17. The molecule has 8 heteroatoms. The fraction of sp³-hybridized carbons (Fsp3) is 0.233. The van der Waals surface area contributed by atoms with Gasteiger partial charge < -0.3 is 13.7 Å². The smallest absolute Gasteiger partial charge is 0.358 e. The third-order valence-electron chi connectivity index (χ3n) is 6.62. The summed E-state index contributed by atoms with van der Waals surface area (Å²) in [4.78, 5) is 17.4. The molecule has 0 unspecified atom stereocenters. The van der Waals surface area contributed by atoms with Gasteiger partial charge in [-0.3, -0.25) is 4.79 Å². The molecule has 2 aromatic heterocycles. The van der Waals surface area contributed by atoms with Gasteiger partial charge >= 0.3 is 10.5 Å². The van der Waals surface area contributed by atoms with E-state index >= 15 is 0 Å². The number of terminal acetylenes is 1. The molecule has 3 aromatic carbocycles. The molecule has 1 N–H and O–H groups in total. The van der Waals surface area contributed by atoms with Crippen LogP contribution in [-0.4, -0.2) is 18.0 Å². The van der Waals surface area contributed by atoms with Gasteiger partial charge in [0.2, 0.25) is 0 Å². The van der Waals surface area contributed by atoms with E-state index in [9.17, 15) is 17.1 Å². The molecule has 0 aliphatic rings. The number of fused-ring (bicyclic) bond motifs is 4. The molecular formula is C30H27FN2O4S. The summed E-state index contributed by atoms with van der Waals surface area (Å²) in [5.41, 5.74) is 5.25. The first-order chi connectivity index (χ1) is 18.0. The fourth-order valence-corrected chi connectivity index (χ4v) is 5.53. The molecule has 0 aliphatic heterocycles. The largest absolute Gasteiger partial charge is 0.488 e. The maximum Gasteiger partial charge on any atom is 0.488 e. The quantitative estimate of drug-likeness (QED) is 0.197. The van der Waals surface area contributed by atoms with Crippen LogP contribution in [0.1, 0.15) is 44.9 Å². The average molecular weight is 531 g/mol. The second-order valence-corrected chi connectivity index (χ2v) is 11.1. The summed E-state index contributed by atoms with van der Waals surface area (Å²) in [6.07, 6.45) is 6.28. The van der Waals surface area contributed by atoms with Gasteiger partial charge in [-0.05, 0) is 79.3 Å². The molecule has 5 aromatic rings. The molecule has 0 aliphatic carbocycles. The van der Waals surface area contributed by atoms with Gasteiger partial charge in [0.05, 0.1) is 10.9 Å². The Morgan fingerprint density at radius 1 is 1.05 bits per heavy atom. The minimum absolute atomic E-state index is 0.00378. The first-order valence-electron chi connectivity index (χ1n) is 12.3. The second kappa shape index (κ2) is 9.34. The lowest BCUT2D eigenvalue weighted by Crippen LogP contribution is -2.14. The first-order valence-corrected chi connectivity index (χ1v) is 13.7. The Balaban J connectivity index is 1.88. The number of aromatic amines is 1. The topological polar surface area (TPSA) is 81.2 Å². The Morgan fingerprint density at radius 3 is 2.47 bits per heavy atom. The third-order valence-corrected chi connectivity index (χ3v) is 7.02. The van der Waals surface area contributed by atoms with E-state index in [-0.39, 0.29) is 23.1 Å². The van der Waals surface area contributed by atoms with Gasteiger partial charge in [-0.2, -0.15) is 8.42 Å². The molecule has 0 bridgehead atoms. The molecule has 0 spiro atoms. The highest BCUT2D eigenvalue weighted by Crippen LogP contribution is 2.35. The molecule has 0 amide bonds. The zero-order valence-corrected chi connectivity index (χ0v) is 22.3. The van der Waals surface area contributed by atoms with E-state index in [4.69, 9.17) is 6.42 Å². The van der Waals surface area contributed by atoms with E-state index in [1.54, 1.807) is 6.07 Å². The van der Waals surface area contributed by atoms with Crippen molar-refractivity contribution in [2.45, 2.75) is 40.2 Å². The molecule has 0 saturated heterocycles. The Bertz CT molecular complexity index is 1940. The van der Waals surface area contributed by atoms with Crippen LogP contribution in [0.4, 0.5) is 3.89 Å². The summed E-state index contributed by atoms with van der Waals surface area (Å²) < 4.78 is 42.0. The van der Waals surface area contributed by atoms with E-state index in [1.165, 1.54) is 12.1 Å². The molecule has 194 valence electrons. The van der Waals surface area contributed by atoms with Crippen LogP contribution in [0.15, 0.2) is 59.4 Å². The van der Waals surface area contributed by atoms with Crippen molar-refractivity contribution >= 4 is 43.3 Å². The van der Waals surface area contributed by atoms with Crippen LogP contribution in [0.5, 0.6) is 5.75 Å². The first kappa shape index (κ1) is 25.6. The maximum absolute atomic E-state index is 14.0. The number of hydrogen-bond donors (Lipinski definition) is 1. The normalized spacial score (nSPS) is 12.2. The fourth-order valence-electron chi connectivity index (χ4n) is 5.20. The number of benzene rings is 3. The molecule has 2 heterocycles.